The van der Waals surface area contributed by atoms with Crippen LogP contribution in [0.25, 0.3) is 0 Å². The lowest BCUT2D eigenvalue weighted by atomic mass is 10.2. The van der Waals surface area contributed by atoms with E-state index < -0.39 is 5.97 Å². The molecule has 70 valence electrons. The molecular formula is C9H11NO3. The van der Waals surface area contributed by atoms with Crippen molar-refractivity contribution in [2.75, 3.05) is 6.61 Å². The number of carboxylic acids is 1. The van der Waals surface area contributed by atoms with Crippen LogP contribution in [0.4, 0.5) is 0 Å². The second kappa shape index (κ2) is 3.89. The molecule has 1 aromatic heterocycles. The molecule has 1 N–H and O–H groups in total. The van der Waals surface area contributed by atoms with Crippen LogP contribution < -0.4 is 4.74 Å². The van der Waals surface area contributed by atoms with E-state index in [9.17, 15) is 4.79 Å². The van der Waals surface area contributed by atoms with Crippen molar-refractivity contribution >= 4 is 5.97 Å². The molecule has 0 aromatic carbocycles. The quantitative estimate of drug-likeness (QED) is 0.760. The molecule has 0 aliphatic carbocycles. The van der Waals surface area contributed by atoms with Crippen molar-refractivity contribution in [2.24, 2.45) is 0 Å². The molecule has 0 fully saturated rings. The summed E-state index contributed by atoms with van der Waals surface area (Å²) in [6.45, 7) is 3.39. The fraction of sp³-hybridized carbons (Fsp3) is 0.333. The first-order valence-corrected chi connectivity index (χ1v) is 3.87. The minimum absolute atomic E-state index is 0.328. The fourth-order valence-corrected chi connectivity index (χ4v) is 0.975. The Morgan fingerprint density at radius 1 is 1.62 bits per heavy atom. The monoisotopic (exact) mass is 181 g/mol. The Hall–Kier alpha value is -1.58. The lowest BCUT2D eigenvalue weighted by molar-refractivity contribution is -0.139. The van der Waals surface area contributed by atoms with Crippen molar-refractivity contribution in [3.63, 3.8) is 0 Å². The maximum Gasteiger partial charge on any atom is 0.341 e. The first-order valence-electron chi connectivity index (χ1n) is 3.87. The van der Waals surface area contributed by atoms with Crippen LogP contribution in [0.1, 0.15) is 11.3 Å². The van der Waals surface area contributed by atoms with Crippen LogP contribution in [-0.4, -0.2) is 22.7 Å². The average Bonchev–Trinajstić information content (AvgIpc) is 2.02. The first kappa shape index (κ1) is 9.51. The van der Waals surface area contributed by atoms with Crippen molar-refractivity contribution in [1.82, 2.24) is 4.98 Å². The van der Waals surface area contributed by atoms with Gasteiger partial charge in [0.05, 0.1) is 6.20 Å². The van der Waals surface area contributed by atoms with E-state index in [0.29, 0.717) is 5.75 Å². The molecule has 0 unspecified atom stereocenters. The normalized spacial score (nSPS) is 9.69. The third-order valence-corrected chi connectivity index (χ3v) is 1.55. The minimum atomic E-state index is -0.986. The van der Waals surface area contributed by atoms with Gasteiger partial charge >= 0.3 is 5.97 Å². The maximum absolute atomic E-state index is 10.2. The Morgan fingerprint density at radius 2 is 2.31 bits per heavy atom. The lowest BCUT2D eigenvalue weighted by Crippen LogP contribution is -2.10. The molecule has 0 bridgehead atoms. The molecule has 0 radical (unpaired) electrons. The lowest BCUT2D eigenvalue weighted by Gasteiger charge is -2.06. The van der Waals surface area contributed by atoms with Crippen LogP contribution in [0.2, 0.25) is 0 Å². The van der Waals surface area contributed by atoms with E-state index in [0.717, 1.165) is 11.3 Å². The summed E-state index contributed by atoms with van der Waals surface area (Å²) in [4.78, 5) is 14.2. The third kappa shape index (κ3) is 2.74. The van der Waals surface area contributed by atoms with Crippen molar-refractivity contribution < 1.29 is 14.6 Å². The highest BCUT2D eigenvalue weighted by molar-refractivity contribution is 5.68. The first-order chi connectivity index (χ1) is 6.09. The maximum atomic E-state index is 10.2. The van der Waals surface area contributed by atoms with Crippen LogP contribution >= 0.6 is 0 Å². The van der Waals surface area contributed by atoms with Gasteiger partial charge in [-0.2, -0.15) is 0 Å². The molecule has 1 rings (SSSR count). The molecule has 0 atom stereocenters. The van der Waals surface area contributed by atoms with Gasteiger partial charge in [0.25, 0.3) is 0 Å². The molecule has 0 aliphatic rings. The summed E-state index contributed by atoms with van der Waals surface area (Å²) in [5.74, 6) is -0.465. The van der Waals surface area contributed by atoms with Crippen molar-refractivity contribution in [1.29, 1.82) is 0 Å². The summed E-state index contributed by atoms with van der Waals surface area (Å²) in [7, 11) is 0. The molecule has 4 nitrogen and oxygen atoms in total. The van der Waals surface area contributed by atoms with Gasteiger partial charge in [0.15, 0.2) is 6.61 Å². The van der Waals surface area contributed by atoms with E-state index >= 15 is 0 Å². The fourth-order valence-electron chi connectivity index (χ4n) is 0.975. The molecule has 0 saturated carbocycles. The Balaban J connectivity index is 2.72. The van der Waals surface area contributed by atoms with Crippen LogP contribution in [0.3, 0.4) is 0 Å². The summed E-state index contributed by atoms with van der Waals surface area (Å²) in [6, 6.07) is 1.84. The van der Waals surface area contributed by atoms with Crippen LogP contribution in [0, 0.1) is 13.8 Å². The third-order valence-electron chi connectivity index (χ3n) is 1.55. The van der Waals surface area contributed by atoms with Gasteiger partial charge in [-0.25, -0.2) is 4.79 Å². The molecular weight excluding hydrogens is 170 g/mol. The van der Waals surface area contributed by atoms with E-state index in [1.165, 1.54) is 6.20 Å². The van der Waals surface area contributed by atoms with Gasteiger partial charge in [-0.1, -0.05) is 0 Å². The number of aromatic nitrogens is 1. The minimum Gasteiger partial charge on any atom is -0.480 e. The standard InChI is InChI=1S/C9H11NO3/c1-6-3-7(2)10-4-8(6)13-5-9(11)12/h3-4H,5H2,1-2H3,(H,11,12). The number of carbonyl (C=O) groups is 1. The SMILES string of the molecule is Cc1cc(C)c(OCC(=O)O)cn1. The number of aryl methyl sites for hydroxylation is 2. The molecule has 0 amide bonds. The van der Waals surface area contributed by atoms with E-state index in [4.69, 9.17) is 9.84 Å². The summed E-state index contributed by atoms with van der Waals surface area (Å²) in [5, 5.41) is 8.37. The van der Waals surface area contributed by atoms with Crippen LogP contribution in [0.5, 0.6) is 5.75 Å². The number of nitrogens with zero attached hydrogens (tertiary/aromatic N) is 1. The van der Waals surface area contributed by atoms with Gasteiger partial charge in [-0.05, 0) is 25.5 Å². The second-order valence-electron chi connectivity index (χ2n) is 2.77. The van der Waals surface area contributed by atoms with Gasteiger partial charge in [0.1, 0.15) is 5.75 Å². The Labute approximate surface area is 76.2 Å². The zero-order valence-electron chi connectivity index (χ0n) is 7.57. The van der Waals surface area contributed by atoms with E-state index in [1.54, 1.807) is 0 Å². The summed E-state index contributed by atoms with van der Waals surface area (Å²) in [6.07, 6.45) is 1.54. The van der Waals surface area contributed by atoms with Gasteiger partial charge < -0.3 is 9.84 Å². The number of hydrogen-bond donors (Lipinski definition) is 1. The molecule has 13 heavy (non-hydrogen) atoms. The molecule has 0 aliphatic heterocycles. The zero-order chi connectivity index (χ0) is 9.84. The van der Waals surface area contributed by atoms with Gasteiger partial charge in [-0.3, -0.25) is 4.98 Å². The number of carboxylic acid groups (broad SMARTS) is 1. The topological polar surface area (TPSA) is 59.4 Å². The molecule has 4 heteroatoms. The zero-order valence-corrected chi connectivity index (χ0v) is 7.57. The highest BCUT2D eigenvalue weighted by Gasteiger charge is 2.02. The predicted molar refractivity (Wildman–Crippen MR) is 46.8 cm³/mol. The Bertz CT molecular complexity index is 323. The summed E-state index contributed by atoms with van der Waals surface area (Å²) >= 11 is 0. The average molecular weight is 181 g/mol. The number of hydrogen-bond acceptors (Lipinski definition) is 3. The van der Waals surface area contributed by atoms with Crippen molar-refractivity contribution in [3.8, 4) is 5.75 Å². The summed E-state index contributed by atoms with van der Waals surface area (Å²) < 4.78 is 4.99. The number of rotatable bonds is 3. The van der Waals surface area contributed by atoms with E-state index in [2.05, 4.69) is 4.98 Å². The van der Waals surface area contributed by atoms with Gasteiger partial charge in [-0.15, -0.1) is 0 Å². The number of ether oxygens (including phenoxy) is 1. The summed E-state index contributed by atoms with van der Waals surface area (Å²) in [5.41, 5.74) is 1.79. The van der Waals surface area contributed by atoms with E-state index in [-0.39, 0.29) is 6.61 Å². The van der Waals surface area contributed by atoms with E-state index in [1.807, 2.05) is 19.9 Å². The smallest absolute Gasteiger partial charge is 0.341 e. The van der Waals surface area contributed by atoms with Crippen LogP contribution in [0.15, 0.2) is 12.3 Å². The highest BCUT2D eigenvalue weighted by atomic mass is 16.5. The largest absolute Gasteiger partial charge is 0.480 e. The second-order valence-corrected chi connectivity index (χ2v) is 2.77. The highest BCUT2D eigenvalue weighted by Crippen LogP contribution is 2.15. The Morgan fingerprint density at radius 3 is 2.85 bits per heavy atom. The van der Waals surface area contributed by atoms with Crippen molar-refractivity contribution in [3.05, 3.63) is 23.5 Å². The van der Waals surface area contributed by atoms with Crippen LogP contribution in [-0.2, 0) is 4.79 Å². The predicted octanol–water partition coefficient (Wildman–Crippen LogP) is 1.16. The molecule has 1 heterocycles. The number of pyridine rings is 1. The number of aliphatic carboxylic acids is 1. The molecule has 1 aromatic rings. The molecule has 0 spiro atoms. The van der Waals surface area contributed by atoms with Gasteiger partial charge in [0.2, 0.25) is 0 Å². The van der Waals surface area contributed by atoms with Crippen molar-refractivity contribution in [2.45, 2.75) is 13.8 Å². The Kier molecular flexibility index (Phi) is 2.84. The van der Waals surface area contributed by atoms with Gasteiger partial charge in [0, 0.05) is 5.69 Å². The molecule has 0 saturated heterocycles.